The Morgan fingerprint density at radius 2 is 2.03 bits per heavy atom. The number of nitrogens with zero attached hydrogens (tertiary/aromatic N) is 4. The van der Waals surface area contributed by atoms with Crippen molar-refractivity contribution in [2.24, 2.45) is 0 Å². The third-order valence-corrected chi connectivity index (χ3v) is 5.76. The van der Waals surface area contributed by atoms with Crippen LogP contribution in [-0.4, -0.2) is 44.4 Å². The van der Waals surface area contributed by atoms with Crippen LogP contribution in [0, 0.1) is 6.92 Å². The first-order valence-electron chi connectivity index (χ1n) is 8.77. The zero-order valence-electron chi connectivity index (χ0n) is 15.9. The first-order chi connectivity index (χ1) is 14.0. The molecule has 0 radical (unpaired) electrons. The molecule has 0 aliphatic rings. The molecule has 1 aromatic carbocycles. The summed E-state index contributed by atoms with van der Waals surface area (Å²) in [7, 11) is 0. The van der Waals surface area contributed by atoms with E-state index in [1.54, 1.807) is 18.7 Å². The van der Waals surface area contributed by atoms with Crippen LogP contribution in [0.25, 0.3) is 0 Å². The summed E-state index contributed by atoms with van der Waals surface area (Å²) in [6.07, 6.45) is 0. The molecule has 0 saturated heterocycles. The molecule has 11 heteroatoms. The van der Waals surface area contributed by atoms with E-state index in [9.17, 15) is 9.59 Å². The maximum absolute atomic E-state index is 13.0. The number of aryl methyl sites for hydroxylation is 1. The van der Waals surface area contributed by atoms with E-state index in [-0.39, 0.29) is 24.2 Å². The lowest BCUT2D eigenvalue weighted by Crippen LogP contribution is -2.31. The molecule has 152 valence electrons. The average Bonchev–Trinajstić information content (AvgIpc) is 3.30. The maximum Gasteiger partial charge on any atom is 0.350 e. The average molecular weight is 433 g/mol. The highest BCUT2D eigenvalue weighted by atomic mass is 32.2. The Hall–Kier alpha value is -2.92. The quantitative estimate of drug-likeness (QED) is 0.411. The minimum atomic E-state index is -0.438. The summed E-state index contributed by atoms with van der Waals surface area (Å²) >= 11 is 2.31. The molecule has 0 aliphatic heterocycles. The minimum Gasteiger partial charge on any atom is -0.462 e. The first-order valence-corrected chi connectivity index (χ1v) is 10.6. The van der Waals surface area contributed by atoms with Gasteiger partial charge in [-0.25, -0.2) is 14.9 Å². The molecule has 9 nitrogen and oxygen atoms in total. The summed E-state index contributed by atoms with van der Waals surface area (Å²) in [6, 6.07) is 9.57. The van der Waals surface area contributed by atoms with Crippen LogP contribution in [-0.2, 0) is 16.1 Å². The van der Waals surface area contributed by atoms with Crippen LogP contribution in [0.1, 0.15) is 27.9 Å². The second-order valence-corrected chi connectivity index (χ2v) is 7.81. The number of anilines is 2. The van der Waals surface area contributed by atoms with Gasteiger partial charge < -0.3 is 10.5 Å². The Balaban J connectivity index is 1.83. The molecule has 3 rings (SSSR count). The molecule has 2 aromatic heterocycles. The number of esters is 1. The van der Waals surface area contributed by atoms with Crippen molar-refractivity contribution in [3.05, 3.63) is 46.5 Å². The second kappa shape index (κ2) is 9.52. The molecule has 0 spiro atoms. The van der Waals surface area contributed by atoms with Crippen LogP contribution in [0.4, 0.5) is 11.1 Å². The van der Waals surface area contributed by atoms with Crippen molar-refractivity contribution < 1.29 is 14.3 Å². The number of hydrogen-bond donors (Lipinski definition) is 2. The Morgan fingerprint density at radius 1 is 1.28 bits per heavy atom. The molecule has 3 N–H and O–H groups in total. The molecular weight excluding hydrogens is 412 g/mol. The number of benzene rings is 1. The summed E-state index contributed by atoms with van der Waals surface area (Å²) in [5.41, 5.74) is 6.99. The number of thioether (sulfide) groups is 1. The summed E-state index contributed by atoms with van der Waals surface area (Å²) < 4.78 is 5.08. The predicted octanol–water partition coefficient (Wildman–Crippen LogP) is 2.65. The van der Waals surface area contributed by atoms with Gasteiger partial charge in [-0.1, -0.05) is 53.4 Å². The van der Waals surface area contributed by atoms with Gasteiger partial charge in [0.15, 0.2) is 5.13 Å². The van der Waals surface area contributed by atoms with Crippen molar-refractivity contribution >= 4 is 46.1 Å². The highest BCUT2D eigenvalue weighted by Gasteiger charge is 2.24. The van der Waals surface area contributed by atoms with Gasteiger partial charge in [-0.15, -0.1) is 5.10 Å². The van der Waals surface area contributed by atoms with Crippen LogP contribution in [0.5, 0.6) is 0 Å². The smallest absolute Gasteiger partial charge is 0.350 e. The largest absolute Gasteiger partial charge is 0.462 e. The molecule has 0 atom stereocenters. The third kappa shape index (κ3) is 5.33. The normalized spacial score (nSPS) is 10.7. The molecule has 0 fully saturated rings. The summed E-state index contributed by atoms with van der Waals surface area (Å²) in [6.45, 7) is 4.07. The molecule has 2 heterocycles. The number of H-pyrrole nitrogens is 1. The Bertz CT molecular complexity index is 989. The van der Waals surface area contributed by atoms with Gasteiger partial charge in [-0.2, -0.15) is 4.98 Å². The Labute approximate surface area is 175 Å². The Kier molecular flexibility index (Phi) is 6.83. The number of nitrogen functional groups attached to an aromatic ring is 1. The monoisotopic (exact) mass is 432 g/mol. The fourth-order valence-electron chi connectivity index (χ4n) is 2.44. The molecule has 3 aromatic rings. The summed E-state index contributed by atoms with van der Waals surface area (Å²) in [5, 5.41) is 7.29. The topological polar surface area (TPSA) is 127 Å². The molecular formula is C18H20N6O3S2. The molecule has 0 bridgehead atoms. The number of hydrogen-bond acceptors (Lipinski definition) is 9. The zero-order chi connectivity index (χ0) is 20.8. The molecule has 0 saturated carbocycles. The second-order valence-electron chi connectivity index (χ2n) is 5.89. The highest BCUT2D eigenvalue weighted by Crippen LogP contribution is 2.29. The predicted molar refractivity (Wildman–Crippen MR) is 112 cm³/mol. The van der Waals surface area contributed by atoms with Gasteiger partial charge in [0.05, 0.1) is 24.6 Å². The number of carbonyl (C=O) groups excluding carboxylic acids is 2. The standard InChI is InChI=1S/C18H20N6O3S2/c1-3-27-15(26)14-11(2)20-18(29-14)24(9-12-7-5-4-6-8-12)13(25)10-28-17-21-16(19)22-23-17/h4-8H,3,9-10H2,1-2H3,(H3,19,21,22,23). The van der Waals surface area contributed by atoms with Gasteiger partial charge in [0.25, 0.3) is 0 Å². The lowest BCUT2D eigenvalue weighted by atomic mass is 10.2. The fraction of sp³-hybridized carbons (Fsp3) is 0.278. The van der Waals surface area contributed by atoms with Crippen molar-refractivity contribution in [2.45, 2.75) is 25.5 Å². The highest BCUT2D eigenvalue weighted by molar-refractivity contribution is 7.99. The van der Waals surface area contributed by atoms with E-state index in [1.807, 2.05) is 30.3 Å². The van der Waals surface area contributed by atoms with Crippen molar-refractivity contribution in [3.8, 4) is 0 Å². The number of ether oxygens (including phenoxy) is 1. The Morgan fingerprint density at radius 3 is 2.69 bits per heavy atom. The fourth-order valence-corrected chi connectivity index (χ4v) is 4.10. The van der Waals surface area contributed by atoms with E-state index in [2.05, 4.69) is 20.2 Å². The number of rotatable bonds is 8. The molecule has 0 unspecified atom stereocenters. The van der Waals surface area contributed by atoms with Crippen LogP contribution < -0.4 is 10.6 Å². The molecule has 29 heavy (non-hydrogen) atoms. The lowest BCUT2D eigenvalue weighted by molar-refractivity contribution is -0.116. The van der Waals surface area contributed by atoms with E-state index in [4.69, 9.17) is 10.5 Å². The van der Waals surface area contributed by atoms with Crippen LogP contribution in [0.15, 0.2) is 35.5 Å². The van der Waals surface area contributed by atoms with Crippen LogP contribution in [0.3, 0.4) is 0 Å². The van der Waals surface area contributed by atoms with E-state index in [0.717, 1.165) is 16.9 Å². The third-order valence-electron chi connectivity index (χ3n) is 3.77. The number of nitrogens with one attached hydrogen (secondary N) is 1. The van der Waals surface area contributed by atoms with Crippen LogP contribution in [0.2, 0.25) is 0 Å². The molecule has 1 amide bonds. The summed E-state index contributed by atoms with van der Waals surface area (Å²) in [5.74, 6) is -0.342. The number of amides is 1. The number of aromatic nitrogens is 4. The SMILES string of the molecule is CCOC(=O)c1sc(N(Cc2ccccc2)C(=O)CSc2n[nH]c(N)n2)nc1C. The number of carbonyl (C=O) groups is 2. The van der Waals surface area contributed by atoms with Crippen molar-refractivity contribution in [2.75, 3.05) is 23.0 Å². The zero-order valence-corrected chi connectivity index (χ0v) is 17.5. The number of aromatic amines is 1. The summed E-state index contributed by atoms with van der Waals surface area (Å²) in [4.78, 5) is 35.5. The van der Waals surface area contributed by atoms with Crippen molar-refractivity contribution in [3.63, 3.8) is 0 Å². The van der Waals surface area contributed by atoms with Gasteiger partial charge in [0.2, 0.25) is 17.0 Å². The number of thiazole rings is 1. The van der Waals surface area contributed by atoms with Gasteiger partial charge in [-0.05, 0) is 19.4 Å². The molecule has 0 aliphatic carbocycles. The first kappa shape index (κ1) is 20.8. The van der Waals surface area contributed by atoms with Gasteiger partial charge >= 0.3 is 5.97 Å². The van der Waals surface area contributed by atoms with Gasteiger partial charge in [-0.3, -0.25) is 9.69 Å². The van der Waals surface area contributed by atoms with Crippen LogP contribution >= 0.6 is 23.1 Å². The number of nitrogens with two attached hydrogens (primary N) is 1. The van der Waals surface area contributed by atoms with E-state index >= 15 is 0 Å². The van der Waals surface area contributed by atoms with Gasteiger partial charge in [0, 0.05) is 0 Å². The maximum atomic E-state index is 13.0. The van der Waals surface area contributed by atoms with E-state index < -0.39 is 5.97 Å². The van der Waals surface area contributed by atoms with E-state index in [0.29, 0.717) is 27.4 Å². The van der Waals surface area contributed by atoms with Crippen molar-refractivity contribution in [1.82, 2.24) is 20.2 Å². The lowest BCUT2D eigenvalue weighted by Gasteiger charge is -2.19. The van der Waals surface area contributed by atoms with E-state index in [1.165, 1.54) is 11.8 Å². The minimum absolute atomic E-state index is 0.0947. The van der Waals surface area contributed by atoms with Crippen molar-refractivity contribution in [1.29, 1.82) is 0 Å². The van der Waals surface area contributed by atoms with Gasteiger partial charge in [0.1, 0.15) is 4.88 Å².